The molecule has 1 heterocycles. The molecular weight excluding hydrogens is 236 g/mol. The van der Waals surface area contributed by atoms with E-state index in [-0.39, 0.29) is 6.04 Å². The highest BCUT2D eigenvalue weighted by atomic mass is 16.5. The zero-order valence-electron chi connectivity index (χ0n) is 12.4. The molecule has 3 unspecified atom stereocenters. The molecular formula is C16H26N2O. The van der Waals surface area contributed by atoms with E-state index < -0.39 is 0 Å². The molecule has 0 spiro atoms. The van der Waals surface area contributed by atoms with E-state index in [0.29, 0.717) is 17.6 Å². The quantitative estimate of drug-likeness (QED) is 0.889. The molecule has 2 N–H and O–H groups in total. The summed E-state index contributed by atoms with van der Waals surface area (Å²) in [7, 11) is 1.84. The van der Waals surface area contributed by atoms with Crippen molar-refractivity contribution < 1.29 is 4.74 Å². The van der Waals surface area contributed by atoms with Gasteiger partial charge < -0.3 is 15.0 Å². The Morgan fingerprint density at radius 1 is 1.37 bits per heavy atom. The molecule has 3 atom stereocenters. The standard InChI is InChI=1S/C16H26N2O/c1-16(2)9-12(17)11-7-8-18(14(11)10-16)13-5-4-6-15(13)19-3/h7-8,12-13,15H,4-6,9-10,17H2,1-3H3. The fourth-order valence-corrected chi connectivity index (χ4v) is 4.07. The first-order valence-corrected chi connectivity index (χ1v) is 7.50. The molecule has 0 radical (unpaired) electrons. The van der Waals surface area contributed by atoms with Crippen molar-refractivity contribution in [1.82, 2.24) is 4.57 Å². The summed E-state index contributed by atoms with van der Waals surface area (Å²) >= 11 is 0. The molecule has 3 heteroatoms. The van der Waals surface area contributed by atoms with Gasteiger partial charge in [0.2, 0.25) is 0 Å². The highest BCUT2D eigenvalue weighted by molar-refractivity contribution is 5.31. The maximum Gasteiger partial charge on any atom is 0.0778 e. The first-order chi connectivity index (χ1) is 9.02. The molecule has 2 aliphatic carbocycles. The maximum absolute atomic E-state index is 6.36. The second kappa shape index (κ2) is 4.64. The Morgan fingerprint density at radius 3 is 2.89 bits per heavy atom. The average Bonchev–Trinajstić information content (AvgIpc) is 2.92. The van der Waals surface area contributed by atoms with Crippen LogP contribution in [0.3, 0.4) is 0 Å². The second-order valence-corrected chi connectivity index (χ2v) is 7.05. The number of nitrogens with zero attached hydrogens (tertiary/aromatic N) is 1. The number of ether oxygens (including phenoxy) is 1. The molecule has 0 bridgehead atoms. The Morgan fingerprint density at radius 2 is 2.16 bits per heavy atom. The van der Waals surface area contributed by atoms with E-state index in [9.17, 15) is 0 Å². The lowest BCUT2D eigenvalue weighted by Gasteiger charge is -2.36. The van der Waals surface area contributed by atoms with E-state index >= 15 is 0 Å². The minimum Gasteiger partial charge on any atom is -0.379 e. The van der Waals surface area contributed by atoms with Crippen LogP contribution in [0.25, 0.3) is 0 Å². The Bertz CT molecular complexity index is 463. The smallest absolute Gasteiger partial charge is 0.0778 e. The molecule has 0 amide bonds. The van der Waals surface area contributed by atoms with Crippen molar-refractivity contribution in [2.75, 3.05) is 7.11 Å². The molecule has 2 aliphatic rings. The van der Waals surface area contributed by atoms with Crippen LogP contribution in [0.2, 0.25) is 0 Å². The summed E-state index contributed by atoms with van der Waals surface area (Å²) in [6.07, 6.45) is 8.52. The highest BCUT2D eigenvalue weighted by Gasteiger charge is 2.36. The Labute approximate surface area is 116 Å². The van der Waals surface area contributed by atoms with Gasteiger partial charge in [0.1, 0.15) is 0 Å². The first-order valence-electron chi connectivity index (χ1n) is 7.50. The van der Waals surface area contributed by atoms with E-state index in [0.717, 1.165) is 12.8 Å². The number of hydrogen-bond donors (Lipinski definition) is 1. The molecule has 0 saturated heterocycles. The van der Waals surface area contributed by atoms with Crippen molar-refractivity contribution in [3.8, 4) is 0 Å². The zero-order chi connectivity index (χ0) is 13.6. The van der Waals surface area contributed by atoms with Gasteiger partial charge in [-0.15, -0.1) is 0 Å². The van der Waals surface area contributed by atoms with E-state index in [1.165, 1.54) is 30.5 Å². The average molecular weight is 262 g/mol. The number of hydrogen-bond acceptors (Lipinski definition) is 2. The number of methoxy groups -OCH3 is 1. The van der Waals surface area contributed by atoms with E-state index in [2.05, 4.69) is 30.7 Å². The van der Waals surface area contributed by atoms with Crippen molar-refractivity contribution in [1.29, 1.82) is 0 Å². The number of aromatic nitrogens is 1. The summed E-state index contributed by atoms with van der Waals surface area (Å²) in [6, 6.07) is 2.94. The summed E-state index contributed by atoms with van der Waals surface area (Å²) in [4.78, 5) is 0. The van der Waals surface area contributed by atoms with Crippen molar-refractivity contribution in [3.63, 3.8) is 0 Å². The van der Waals surface area contributed by atoms with Crippen LogP contribution in [0.1, 0.15) is 62.9 Å². The van der Waals surface area contributed by atoms with Gasteiger partial charge in [-0.25, -0.2) is 0 Å². The fourth-order valence-electron chi connectivity index (χ4n) is 4.07. The van der Waals surface area contributed by atoms with Gasteiger partial charge in [-0.2, -0.15) is 0 Å². The summed E-state index contributed by atoms with van der Waals surface area (Å²) in [5.74, 6) is 0. The van der Waals surface area contributed by atoms with Gasteiger partial charge in [0.05, 0.1) is 12.1 Å². The van der Waals surface area contributed by atoms with Crippen LogP contribution in [0.4, 0.5) is 0 Å². The molecule has 19 heavy (non-hydrogen) atoms. The van der Waals surface area contributed by atoms with Gasteiger partial charge in [0.15, 0.2) is 0 Å². The molecule has 1 aromatic rings. The minimum absolute atomic E-state index is 0.197. The van der Waals surface area contributed by atoms with Crippen molar-refractivity contribution in [2.45, 2.75) is 64.1 Å². The Kier molecular flexibility index (Phi) is 3.22. The lowest BCUT2D eigenvalue weighted by molar-refractivity contribution is 0.0732. The monoisotopic (exact) mass is 262 g/mol. The number of nitrogens with two attached hydrogens (primary N) is 1. The summed E-state index contributed by atoms with van der Waals surface area (Å²) < 4.78 is 8.13. The van der Waals surface area contributed by atoms with Crippen LogP contribution in [-0.2, 0) is 11.2 Å². The SMILES string of the molecule is COC1CCCC1n1ccc2c1CC(C)(C)CC2N. The summed E-state index contributed by atoms with van der Waals surface area (Å²) in [6.45, 7) is 4.66. The van der Waals surface area contributed by atoms with Crippen LogP contribution >= 0.6 is 0 Å². The summed E-state index contributed by atoms with van der Waals surface area (Å²) in [5.41, 5.74) is 9.48. The van der Waals surface area contributed by atoms with Gasteiger partial charge in [-0.3, -0.25) is 0 Å². The van der Waals surface area contributed by atoms with Crippen LogP contribution < -0.4 is 5.73 Å². The van der Waals surface area contributed by atoms with Crippen molar-refractivity contribution >= 4 is 0 Å². The predicted octanol–water partition coefficient (Wildman–Crippen LogP) is 3.20. The van der Waals surface area contributed by atoms with Crippen LogP contribution in [0.15, 0.2) is 12.3 Å². The molecule has 1 fully saturated rings. The Balaban J connectivity index is 1.97. The zero-order valence-corrected chi connectivity index (χ0v) is 12.4. The van der Waals surface area contributed by atoms with Gasteiger partial charge in [0.25, 0.3) is 0 Å². The maximum atomic E-state index is 6.36. The second-order valence-electron chi connectivity index (χ2n) is 7.05. The predicted molar refractivity (Wildman–Crippen MR) is 77.1 cm³/mol. The first kappa shape index (κ1) is 13.2. The van der Waals surface area contributed by atoms with E-state index in [1.54, 1.807) is 0 Å². The number of rotatable bonds is 2. The van der Waals surface area contributed by atoms with Gasteiger partial charge in [-0.05, 0) is 49.1 Å². The molecule has 1 saturated carbocycles. The summed E-state index contributed by atoms with van der Waals surface area (Å²) in [5, 5.41) is 0. The van der Waals surface area contributed by atoms with Crippen molar-refractivity contribution in [2.24, 2.45) is 11.1 Å². The van der Waals surface area contributed by atoms with Crippen molar-refractivity contribution in [3.05, 3.63) is 23.5 Å². The van der Waals surface area contributed by atoms with Crippen LogP contribution in [0, 0.1) is 5.41 Å². The molecule has 106 valence electrons. The lowest BCUT2D eigenvalue weighted by Crippen LogP contribution is -2.32. The van der Waals surface area contributed by atoms with E-state index in [1.807, 2.05) is 7.11 Å². The Hall–Kier alpha value is -0.800. The highest BCUT2D eigenvalue weighted by Crippen LogP contribution is 2.43. The normalized spacial score (nSPS) is 33.4. The molecule has 0 aromatic carbocycles. The minimum atomic E-state index is 0.197. The fraction of sp³-hybridized carbons (Fsp3) is 0.750. The van der Waals surface area contributed by atoms with Crippen LogP contribution in [-0.4, -0.2) is 17.8 Å². The van der Waals surface area contributed by atoms with E-state index in [4.69, 9.17) is 10.5 Å². The van der Waals surface area contributed by atoms with Gasteiger partial charge in [-0.1, -0.05) is 13.8 Å². The third-order valence-electron chi connectivity index (χ3n) is 4.96. The van der Waals surface area contributed by atoms with Gasteiger partial charge in [0, 0.05) is 25.0 Å². The molecule has 0 aliphatic heterocycles. The van der Waals surface area contributed by atoms with Gasteiger partial charge >= 0.3 is 0 Å². The molecule has 1 aromatic heterocycles. The molecule has 3 rings (SSSR count). The number of fused-ring (bicyclic) bond motifs is 1. The third kappa shape index (κ3) is 2.23. The lowest BCUT2D eigenvalue weighted by atomic mass is 9.74. The molecule has 3 nitrogen and oxygen atoms in total. The largest absolute Gasteiger partial charge is 0.379 e. The topological polar surface area (TPSA) is 40.2 Å². The van der Waals surface area contributed by atoms with Crippen LogP contribution in [0.5, 0.6) is 0 Å². The third-order valence-corrected chi connectivity index (χ3v) is 4.96.